The molecule has 0 saturated carbocycles. The number of hydrazine groups is 1. The molecule has 11 heavy (non-hydrogen) atoms. The standard InChI is InChI=1S/C7H11N3O/c8-7(11)6-4-2-1-3-5(4)9-10-6/h1-2,4-6,9-10H,3H2,(H2,8,11). The smallest absolute Gasteiger partial charge is 0.236 e. The summed E-state index contributed by atoms with van der Waals surface area (Å²) in [5.41, 5.74) is 11.1. The predicted molar refractivity (Wildman–Crippen MR) is 40.3 cm³/mol. The number of primary amides is 1. The van der Waals surface area contributed by atoms with Crippen molar-refractivity contribution in [3.8, 4) is 0 Å². The zero-order chi connectivity index (χ0) is 7.84. The van der Waals surface area contributed by atoms with Gasteiger partial charge in [-0.3, -0.25) is 10.2 Å². The van der Waals surface area contributed by atoms with Crippen molar-refractivity contribution in [2.75, 3.05) is 0 Å². The highest BCUT2D eigenvalue weighted by Crippen LogP contribution is 2.24. The molecule has 4 heteroatoms. The lowest BCUT2D eigenvalue weighted by molar-refractivity contribution is -0.120. The van der Waals surface area contributed by atoms with E-state index in [1.807, 2.05) is 6.08 Å². The second-order valence-electron chi connectivity index (χ2n) is 3.02. The molecule has 0 radical (unpaired) electrons. The fourth-order valence-electron chi connectivity index (χ4n) is 1.73. The molecule has 0 bridgehead atoms. The van der Waals surface area contributed by atoms with E-state index in [1.165, 1.54) is 0 Å². The number of rotatable bonds is 1. The van der Waals surface area contributed by atoms with Crippen LogP contribution >= 0.6 is 0 Å². The molecule has 60 valence electrons. The predicted octanol–water partition coefficient (Wildman–Crippen LogP) is -1.11. The number of nitrogens with one attached hydrogen (secondary N) is 2. The van der Waals surface area contributed by atoms with Crippen molar-refractivity contribution in [2.45, 2.75) is 18.5 Å². The molecular weight excluding hydrogens is 142 g/mol. The lowest BCUT2D eigenvalue weighted by atomic mass is 9.98. The fraction of sp³-hybridized carbons (Fsp3) is 0.571. The Bertz CT molecular complexity index is 214. The summed E-state index contributed by atoms with van der Waals surface area (Å²) in [5, 5.41) is 0. The third-order valence-corrected chi connectivity index (χ3v) is 2.33. The number of amides is 1. The number of fused-ring (bicyclic) bond motifs is 1. The van der Waals surface area contributed by atoms with Crippen LogP contribution in [0, 0.1) is 5.92 Å². The molecule has 0 aromatic carbocycles. The Hall–Kier alpha value is -0.870. The first-order valence-electron chi connectivity index (χ1n) is 3.76. The van der Waals surface area contributed by atoms with Gasteiger partial charge in [-0.2, -0.15) is 0 Å². The summed E-state index contributed by atoms with van der Waals surface area (Å²) in [6.07, 6.45) is 5.12. The Morgan fingerprint density at radius 3 is 3.09 bits per heavy atom. The summed E-state index contributed by atoms with van der Waals surface area (Å²) in [6, 6.07) is 0.145. The van der Waals surface area contributed by atoms with E-state index >= 15 is 0 Å². The van der Waals surface area contributed by atoms with Crippen LogP contribution in [0.1, 0.15) is 6.42 Å². The number of hydrogen-bond acceptors (Lipinski definition) is 3. The molecule has 4 N–H and O–H groups in total. The van der Waals surface area contributed by atoms with Crippen molar-refractivity contribution in [1.82, 2.24) is 10.9 Å². The Morgan fingerprint density at radius 2 is 2.36 bits per heavy atom. The van der Waals surface area contributed by atoms with Crippen LogP contribution in [0.3, 0.4) is 0 Å². The molecule has 0 aromatic rings. The van der Waals surface area contributed by atoms with Gasteiger partial charge >= 0.3 is 0 Å². The highest BCUT2D eigenvalue weighted by molar-refractivity contribution is 5.81. The average molecular weight is 153 g/mol. The van der Waals surface area contributed by atoms with Gasteiger partial charge in [-0.15, -0.1) is 0 Å². The van der Waals surface area contributed by atoms with Gasteiger partial charge in [0.2, 0.25) is 5.91 Å². The zero-order valence-electron chi connectivity index (χ0n) is 6.08. The van der Waals surface area contributed by atoms with Crippen molar-refractivity contribution < 1.29 is 4.79 Å². The van der Waals surface area contributed by atoms with Crippen LogP contribution in [-0.2, 0) is 4.79 Å². The quantitative estimate of drug-likeness (QED) is 0.419. The van der Waals surface area contributed by atoms with Gasteiger partial charge in [0.25, 0.3) is 0 Å². The van der Waals surface area contributed by atoms with Gasteiger partial charge in [0.15, 0.2) is 0 Å². The second-order valence-corrected chi connectivity index (χ2v) is 3.02. The molecule has 1 aliphatic heterocycles. The molecule has 1 heterocycles. The van der Waals surface area contributed by atoms with E-state index in [0.717, 1.165) is 6.42 Å². The van der Waals surface area contributed by atoms with Crippen LogP contribution in [0.4, 0.5) is 0 Å². The lowest BCUT2D eigenvalue weighted by Gasteiger charge is -2.10. The van der Waals surface area contributed by atoms with E-state index < -0.39 is 0 Å². The number of nitrogens with two attached hydrogens (primary N) is 1. The Labute approximate surface area is 64.8 Å². The largest absolute Gasteiger partial charge is 0.368 e. The first-order valence-corrected chi connectivity index (χ1v) is 3.76. The van der Waals surface area contributed by atoms with Crippen LogP contribution in [0.5, 0.6) is 0 Å². The zero-order valence-corrected chi connectivity index (χ0v) is 6.08. The van der Waals surface area contributed by atoms with Crippen LogP contribution in [-0.4, -0.2) is 18.0 Å². The summed E-state index contributed by atoms with van der Waals surface area (Å²) < 4.78 is 0. The molecule has 1 saturated heterocycles. The normalized spacial score (nSPS) is 40.9. The van der Waals surface area contributed by atoms with Crippen LogP contribution < -0.4 is 16.6 Å². The maximum Gasteiger partial charge on any atom is 0.236 e. The van der Waals surface area contributed by atoms with Gasteiger partial charge in [0.1, 0.15) is 6.04 Å². The van der Waals surface area contributed by atoms with Gasteiger partial charge in [-0.1, -0.05) is 12.2 Å². The van der Waals surface area contributed by atoms with E-state index in [-0.39, 0.29) is 17.9 Å². The van der Waals surface area contributed by atoms with E-state index in [2.05, 4.69) is 16.9 Å². The molecule has 0 aromatic heterocycles. The molecule has 2 rings (SSSR count). The maximum absolute atomic E-state index is 10.8. The van der Waals surface area contributed by atoms with Gasteiger partial charge < -0.3 is 5.73 Å². The molecule has 4 nitrogen and oxygen atoms in total. The van der Waals surface area contributed by atoms with Crippen molar-refractivity contribution in [3.63, 3.8) is 0 Å². The van der Waals surface area contributed by atoms with Crippen molar-refractivity contribution in [2.24, 2.45) is 11.7 Å². The Morgan fingerprint density at radius 1 is 1.55 bits per heavy atom. The number of hydrogen-bond donors (Lipinski definition) is 3. The van der Waals surface area contributed by atoms with Gasteiger partial charge in [0, 0.05) is 12.0 Å². The molecular formula is C7H11N3O. The average Bonchev–Trinajstić information content (AvgIpc) is 2.41. The summed E-state index contributed by atoms with van der Waals surface area (Å²) in [7, 11) is 0. The molecule has 3 unspecified atom stereocenters. The van der Waals surface area contributed by atoms with Gasteiger partial charge in [0.05, 0.1) is 0 Å². The Kier molecular flexibility index (Phi) is 1.44. The van der Waals surface area contributed by atoms with Crippen LogP contribution in [0.25, 0.3) is 0 Å². The maximum atomic E-state index is 10.8. The summed E-state index contributed by atoms with van der Waals surface area (Å²) in [6.45, 7) is 0. The van der Waals surface area contributed by atoms with Gasteiger partial charge in [-0.05, 0) is 6.42 Å². The van der Waals surface area contributed by atoms with Crippen molar-refractivity contribution >= 4 is 5.91 Å². The SMILES string of the molecule is NC(=O)C1NNC2CC=CC21. The minimum Gasteiger partial charge on any atom is -0.368 e. The first kappa shape index (κ1) is 6.82. The van der Waals surface area contributed by atoms with E-state index in [0.29, 0.717) is 6.04 Å². The highest BCUT2D eigenvalue weighted by atomic mass is 16.1. The van der Waals surface area contributed by atoms with E-state index in [4.69, 9.17) is 5.73 Å². The highest BCUT2D eigenvalue weighted by Gasteiger charge is 2.38. The topological polar surface area (TPSA) is 67.2 Å². The lowest BCUT2D eigenvalue weighted by Crippen LogP contribution is -2.42. The molecule has 0 spiro atoms. The first-order chi connectivity index (χ1) is 5.29. The van der Waals surface area contributed by atoms with E-state index in [1.54, 1.807) is 0 Å². The van der Waals surface area contributed by atoms with Crippen LogP contribution in [0.2, 0.25) is 0 Å². The molecule has 1 amide bonds. The summed E-state index contributed by atoms with van der Waals surface area (Å²) in [5.74, 6) is -0.0240. The number of carbonyl (C=O) groups excluding carboxylic acids is 1. The van der Waals surface area contributed by atoms with Gasteiger partial charge in [-0.25, -0.2) is 5.43 Å². The second kappa shape index (κ2) is 2.32. The molecule has 3 atom stereocenters. The molecule has 2 aliphatic rings. The summed E-state index contributed by atoms with van der Waals surface area (Å²) >= 11 is 0. The number of carbonyl (C=O) groups is 1. The molecule has 1 aliphatic carbocycles. The van der Waals surface area contributed by atoms with E-state index in [9.17, 15) is 4.79 Å². The minimum absolute atomic E-state index is 0.223. The van der Waals surface area contributed by atoms with Crippen molar-refractivity contribution in [1.29, 1.82) is 0 Å². The molecule has 1 fully saturated rings. The fourth-order valence-corrected chi connectivity index (χ4v) is 1.73. The minimum atomic E-state index is -0.281. The Balaban J connectivity index is 2.14. The third-order valence-electron chi connectivity index (χ3n) is 2.33. The third kappa shape index (κ3) is 0.948. The summed E-state index contributed by atoms with van der Waals surface area (Å²) in [4.78, 5) is 10.8. The van der Waals surface area contributed by atoms with Crippen molar-refractivity contribution in [3.05, 3.63) is 12.2 Å². The monoisotopic (exact) mass is 153 g/mol. The van der Waals surface area contributed by atoms with Crippen LogP contribution in [0.15, 0.2) is 12.2 Å².